The molecule has 1 fully saturated rings. The molecule has 1 saturated carbocycles. The van der Waals surface area contributed by atoms with Gasteiger partial charge in [0.1, 0.15) is 5.82 Å². The van der Waals surface area contributed by atoms with E-state index in [1.165, 1.54) is 12.1 Å². The van der Waals surface area contributed by atoms with Gasteiger partial charge in [0.25, 0.3) is 0 Å². The molecular formula is C23H28FIN4O. The minimum absolute atomic E-state index is 0. The van der Waals surface area contributed by atoms with Gasteiger partial charge in [-0.1, -0.05) is 30.3 Å². The van der Waals surface area contributed by atoms with Gasteiger partial charge in [-0.05, 0) is 49.1 Å². The number of carbonyl (C=O) groups excluding carboxylic acids is 1. The number of para-hydroxylation sites is 1. The molecule has 3 N–H and O–H groups in total. The average molecular weight is 522 g/mol. The topological polar surface area (TPSA) is 65.5 Å². The maximum absolute atomic E-state index is 13.2. The van der Waals surface area contributed by atoms with E-state index in [0.717, 1.165) is 42.2 Å². The summed E-state index contributed by atoms with van der Waals surface area (Å²) in [6.45, 7) is 4.10. The maximum atomic E-state index is 13.2. The number of nitrogens with zero attached hydrogens (tertiary/aromatic N) is 1. The van der Waals surface area contributed by atoms with Crippen LogP contribution >= 0.6 is 24.0 Å². The summed E-state index contributed by atoms with van der Waals surface area (Å²) in [6, 6.07) is 14.7. The zero-order valence-corrected chi connectivity index (χ0v) is 19.4. The molecule has 2 aromatic carbocycles. The van der Waals surface area contributed by atoms with Crippen molar-refractivity contribution < 1.29 is 9.18 Å². The Balaban J connectivity index is 0.00000256. The molecule has 0 bridgehead atoms. The molecule has 7 heteroatoms. The first-order chi connectivity index (χ1) is 14.1. The van der Waals surface area contributed by atoms with Crippen LogP contribution in [-0.2, 0) is 10.2 Å². The van der Waals surface area contributed by atoms with Crippen molar-refractivity contribution in [1.29, 1.82) is 0 Å². The zero-order valence-electron chi connectivity index (χ0n) is 17.1. The summed E-state index contributed by atoms with van der Waals surface area (Å²) in [5.74, 6) is 0.700. The van der Waals surface area contributed by atoms with Gasteiger partial charge in [0.2, 0.25) is 5.91 Å². The Kier molecular flexibility index (Phi) is 7.33. The quantitative estimate of drug-likeness (QED) is 0.304. The normalized spacial score (nSPS) is 19.2. The van der Waals surface area contributed by atoms with Crippen LogP contribution in [0.3, 0.4) is 0 Å². The summed E-state index contributed by atoms with van der Waals surface area (Å²) < 4.78 is 13.2. The van der Waals surface area contributed by atoms with Gasteiger partial charge >= 0.3 is 0 Å². The van der Waals surface area contributed by atoms with Crippen molar-refractivity contribution >= 4 is 41.5 Å². The number of benzene rings is 2. The molecule has 0 saturated heterocycles. The number of nitrogens with one attached hydrogen (secondary N) is 3. The van der Waals surface area contributed by atoms with Gasteiger partial charge < -0.3 is 16.0 Å². The summed E-state index contributed by atoms with van der Waals surface area (Å²) in [4.78, 5) is 16.8. The Labute approximate surface area is 194 Å². The molecule has 0 aromatic heterocycles. The number of carbonyl (C=O) groups is 1. The third-order valence-corrected chi connectivity index (χ3v) is 5.82. The van der Waals surface area contributed by atoms with Crippen LogP contribution in [0.5, 0.6) is 0 Å². The number of rotatable bonds is 6. The molecule has 30 heavy (non-hydrogen) atoms. The lowest BCUT2D eigenvalue weighted by Gasteiger charge is -2.26. The third kappa shape index (κ3) is 5.11. The predicted octanol–water partition coefficient (Wildman–Crippen LogP) is 4.16. The van der Waals surface area contributed by atoms with Crippen LogP contribution in [0.25, 0.3) is 0 Å². The first kappa shape index (κ1) is 22.5. The number of anilines is 1. The summed E-state index contributed by atoms with van der Waals surface area (Å²) in [5.41, 5.74) is 3.22. The minimum atomic E-state index is -0.208. The van der Waals surface area contributed by atoms with E-state index in [2.05, 4.69) is 22.0 Å². The second-order valence-electron chi connectivity index (χ2n) is 7.90. The molecule has 2 aliphatic rings. The van der Waals surface area contributed by atoms with Gasteiger partial charge in [0, 0.05) is 36.5 Å². The van der Waals surface area contributed by atoms with Crippen LogP contribution in [0.15, 0.2) is 53.5 Å². The van der Waals surface area contributed by atoms with E-state index in [1.54, 1.807) is 0 Å². The highest BCUT2D eigenvalue weighted by atomic mass is 127. The van der Waals surface area contributed by atoms with Crippen LogP contribution in [0.4, 0.5) is 10.1 Å². The molecule has 160 valence electrons. The molecule has 1 amide bonds. The standard InChI is InChI=1S/C23H27FN4O.HI/c1-2-25-22(27-15-23(11-12-23)17-7-9-18(24)10-8-17)26-14-16-13-21(29)28-20-6-4-3-5-19(16)20;/h3-10,16H,2,11-15H2,1H3,(H,28,29)(H2,25,26,27);1H. The van der Waals surface area contributed by atoms with E-state index in [-0.39, 0.29) is 47.0 Å². The van der Waals surface area contributed by atoms with E-state index < -0.39 is 0 Å². The Morgan fingerprint density at radius 2 is 1.90 bits per heavy atom. The van der Waals surface area contributed by atoms with Gasteiger partial charge in [-0.3, -0.25) is 9.79 Å². The van der Waals surface area contributed by atoms with Gasteiger partial charge in [-0.2, -0.15) is 0 Å². The average Bonchev–Trinajstić information content (AvgIpc) is 3.51. The summed E-state index contributed by atoms with van der Waals surface area (Å²) >= 11 is 0. The smallest absolute Gasteiger partial charge is 0.225 e. The Morgan fingerprint density at radius 3 is 2.60 bits per heavy atom. The Bertz CT molecular complexity index is 912. The number of guanidine groups is 1. The van der Waals surface area contributed by atoms with Crippen LogP contribution < -0.4 is 16.0 Å². The highest BCUT2D eigenvalue weighted by molar-refractivity contribution is 14.0. The summed E-state index contributed by atoms with van der Waals surface area (Å²) in [7, 11) is 0. The van der Waals surface area contributed by atoms with Crippen LogP contribution in [0, 0.1) is 5.82 Å². The third-order valence-electron chi connectivity index (χ3n) is 5.82. The number of hydrogen-bond acceptors (Lipinski definition) is 2. The van der Waals surface area contributed by atoms with Crippen molar-refractivity contribution in [3.8, 4) is 0 Å². The van der Waals surface area contributed by atoms with E-state index in [4.69, 9.17) is 4.99 Å². The van der Waals surface area contributed by atoms with E-state index in [0.29, 0.717) is 19.5 Å². The van der Waals surface area contributed by atoms with Crippen LogP contribution in [0.1, 0.15) is 43.2 Å². The molecule has 1 atom stereocenters. The second-order valence-corrected chi connectivity index (χ2v) is 7.90. The largest absolute Gasteiger partial charge is 0.357 e. The zero-order chi connectivity index (χ0) is 20.3. The molecule has 1 unspecified atom stereocenters. The van der Waals surface area contributed by atoms with Crippen LogP contribution in [-0.4, -0.2) is 31.5 Å². The minimum Gasteiger partial charge on any atom is -0.357 e. The Morgan fingerprint density at radius 1 is 1.17 bits per heavy atom. The monoisotopic (exact) mass is 522 g/mol. The number of amides is 1. The van der Waals surface area contributed by atoms with Crippen molar-refractivity contribution in [3.05, 3.63) is 65.5 Å². The molecule has 2 aromatic rings. The first-order valence-electron chi connectivity index (χ1n) is 10.3. The van der Waals surface area contributed by atoms with Crippen molar-refractivity contribution in [2.45, 2.75) is 37.5 Å². The number of aliphatic imine (C=N–C) groups is 1. The van der Waals surface area contributed by atoms with Gasteiger partial charge in [0.15, 0.2) is 5.96 Å². The van der Waals surface area contributed by atoms with Gasteiger partial charge in [0.05, 0.1) is 6.54 Å². The number of halogens is 2. The fraction of sp³-hybridized carbons (Fsp3) is 0.391. The van der Waals surface area contributed by atoms with Crippen molar-refractivity contribution in [3.63, 3.8) is 0 Å². The lowest BCUT2D eigenvalue weighted by molar-refractivity contribution is -0.116. The second kappa shape index (κ2) is 9.76. The predicted molar refractivity (Wildman–Crippen MR) is 129 cm³/mol. The summed E-state index contributed by atoms with van der Waals surface area (Å²) in [6.07, 6.45) is 2.60. The van der Waals surface area contributed by atoms with Gasteiger partial charge in [-0.15, -0.1) is 24.0 Å². The van der Waals surface area contributed by atoms with Gasteiger partial charge in [-0.25, -0.2) is 4.39 Å². The maximum Gasteiger partial charge on any atom is 0.225 e. The molecule has 0 spiro atoms. The molecule has 4 rings (SSSR count). The lowest BCUT2D eigenvalue weighted by atomic mass is 9.90. The van der Waals surface area contributed by atoms with Crippen molar-refractivity contribution in [2.75, 3.05) is 25.0 Å². The highest BCUT2D eigenvalue weighted by Crippen LogP contribution is 2.48. The number of hydrogen-bond donors (Lipinski definition) is 3. The van der Waals surface area contributed by atoms with Crippen molar-refractivity contribution in [2.24, 2.45) is 4.99 Å². The molecule has 0 radical (unpaired) electrons. The molecule has 5 nitrogen and oxygen atoms in total. The molecular weight excluding hydrogens is 494 g/mol. The van der Waals surface area contributed by atoms with E-state index in [1.807, 2.05) is 37.3 Å². The van der Waals surface area contributed by atoms with E-state index >= 15 is 0 Å². The van der Waals surface area contributed by atoms with Crippen LogP contribution in [0.2, 0.25) is 0 Å². The van der Waals surface area contributed by atoms with E-state index in [9.17, 15) is 9.18 Å². The fourth-order valence-corrected chi connectivity index (χ4v) is 3.97. The lowest BCUT2D eigenvalue weighted by Crippen LogP contribution is -2.41. The SMILES string of the molecule is CCNC(=NCC1(c2ccc(F)cc2)CC1)NCC1CC(=O)Nc2ccccc21.I. The first-order valence-corrected chi connectivity index (χ1v) is 10.3. The fourth-order valence-electron chi connectivity index (χ4n) is 3.97. The highest BCUT2D eigenvalue weighted by Gasteiger charge is 2.44. The molecule has 1 aliphatic heterocycles. The molecule has 1 heterocycles. The summed E-state index contributed by atoms with van der Waals surface area (Å²) in [5, 5.41) is 9.65. The van der Waals surface area contributed by atoms with Crippen molar-refractivity contribution in [1.82, 2.24) is 10.6 Å². The Hall–Kier alpha value is -2.16. The number of fused-ring (bicyclic) bond motifs is 1. The molecule has 1 aliphatic carbocycles.